The maximum atomic E-state index is 13.3. The van der Waals surface area contributed by atoms with Crippen LogP contribution >= 0.6 is 11.6 Å². The van der Waals surface area contributed by atoms with E-state index in [0.29, 0.717) is 18.8 Å². The van der Waals surface area contributed by atoms with E-state index in [1.54, 1.807) is 12.3 Å². The maximum Gasteiger partial charge on any atom is 0.243 e. The van der Waals surface area contributed by atoms with E-state index in [-0.39, 0.29) is 22.6 Å². The molecular formula is C15H15ClFN3O3S. The van der Waals surface area contributed by atoms with Gasteiger partial charge in [-0.2, -0.15) is 4.31 Å². The first-order valence-electron chi connectivity index (χ1n) is 7.35. The average Bonchev–Trinajstić information content (AvgIpc) is 2.58. The highest BCUT2D eigenvalue weighted by Crippen LogP contribution is 2.25. The zero-order valence-corrected chi connectivity index (χ0v) is 14.2. The smallest absolute Gasteiger partial charge is 0.243 e. The number of sulfonamides is 1. The summed E-state index contributed by atoms with van der Waals surface area (Å²) < 4.78 is 45.7. The summed E-state index contributed by atoms with van der Waals surface area (Å²) in [6, 6.07) is 5.01. The molecule has 0 radical (unpaired) electrons. The number of aromatic nitrogens is 2. The van der Waals surface area contributed by atoms with Crippen molar-refractivity contribution >= 4 is 21.6 Å². The van der Waals surface area contributed by atoms with Crippen molar-refractivity contribution in [1.82, 2.24) is 14.3 Å². The maximum absolute atomic E-state index is 13.3. The third-order valence-electron chi connectivity index (χ3n) is 3.71. The SMILES string of the molecule is O=S(=O)(c1ccc(F)c(Cl)c1)N1CCCC(Oc2ccncn2)C1. The molecule has 1 unspecified atom stereocenters. The van der Waals surface area contributed by atoms with Gasteiger partial charge in [-0.1, -0.05) is 11.6 Å². The Labute approximate surface area is 144 Å². The topological polar surface area (TPSA) is 72.4 Å². The second kappa shape index (κ2) is 7.00. The van der Waals surface area contributed by atoms with Crippen molar-refractivity contribution in [1.29, 1.82) is 0 Å². The monoisotopic (exact) mass is 371 g/mol. The molecule has 1 aromatic heterocycles. The molecule has 0 amide bonds. The summed E-state index contributed by atoms with van der Waals surface area (Å²) in [4.78, 5) is 7.76. The zero-order valence-electron chi connectivity index (χ0n) is 12.6. The summed E-state index contributed by atoms with van der Waals surface area (Å²) >= 11 is 5.70. The Bertz CT molecular complexity index is 820. The van der Waals surface area contributed by atoms with Crippen LogP contribution in [0.25, 0.3) is 0 Å². The van der Waals surface area contributed by atoms with Crippen molar-refractivity contribution in [3.05, 3.63) is 47.6 Å². The van der Waals surface area contributed by atoms with Gasteiger partial charge in [0, 0.05) is 18.8 Å². The second-order valence-corrected chi connectivity index (χ2v) is 7.71. The van der Waals surface area contributed by atoms with Crippen LogP contribution in [0.2, 0.25) is 5.02 Å². The Hall–Kier alpha value is -1.77. The molecule has 1 aromatic carbocycles. The fraction of sp³-hybridized carbons (Fsp3) is 0.333. The molecular weight excluding hydrogens is 357 g/mol. The lowest BCUT2D eigenvalue weighted by atomic mass is 10.1. The van der Waals surface area contributed by atoms with E-state index in [2.05, 4.69) is 9.97 Å². The first kappa shape index (κ1) is 17.1. The Kier molecular flexibility index (Phi) is 4.98. The van der Waals surface area contributed by atoms with Gasteiger partial charge < -0.3 is 4.74 Å². The fourth-order valence-corrected chi connectivity index (χ4v) is 4.31. The van der Waals surface area contributed by atoms with Crippen LogP contribution in [0.1, 0.15) is 12.8 Å². The largest absolute Gasteiger partial charge is 0.473 e. The molecule has 9 heteroatoms. The highest BCUT2D eigenvalue weighted by atomic mass is 35.5. The van der Waals surface area contributed by atoms with Gasteiger partial charge in [0.05, 0.1) is 16.5 Å². The van der Waals surface area contributed by atoms with Crippen LogP contribution in [0.15, 0.2) is 41.7 Å². The zero-order chi connectivity index (χ0) is 17.2. The van der Waals surface area contributed by atoms with E-state index in [0.717, 1.165) is 18.6 Å². The Morgan fingerprint density at radius 2 is 2.17 bits per heavy atom. The summed E-state index contributed by atoms with van der Waals surface area (Å²) in [6.45, 7) is 0.572. The van der Waals surface area contributed by atoms with Gasteiger partial charge in [-0.25, -0.2) is 22.8 Å². The number of nitrogens with zero attached hydrogens (tertiary/aromatic N) is 3. The van der Waals surface area contributed by atoms with Crippen molar-refractivity contribution in [3.63, 3.8) is 0 Å². The highest BCUT2D eigenvalue weighted by Gasteiger charge is 2.31. The number of halogens is 2. The minimum absolute atomic E-state index is 0.0309. The molecule has 2 heterocycles. The highest BCUT2D eigenvalue weighted by molar-refractivity contribution is 7.89. The van der Waals surface area contributed by atoms with E-state index < -0.39 is 15.8 Å². The van der Waals surface area contributed by atoms with Gasteiger partial charge in [-0.05, 0) is 31.0 Å². The Morgan fingerprint density at radius 3 is 2.88 bits per heavy atom. The van der Waals surface area contributed by atoms with E-state index >= 15 is 0 Å². The first-order valence-corrected chi connectivity index (χ1v) is 9.16. The van der Waals surface area contributed by atoms with Gasteiger partial charge in [0.15, 0.2) is 0 Å². The van der Waals surface area contributed by atoms with E-state index in [1.165, 1.54) is 16.7 Å². The van der Waals surface area contributed by atoms with Crippen molar-refractivity contribution < 1.29 is 17.5 Å². The number of hydrogen-bond acceptors (Lipinski definition) is 5. The van der Waals surface area contributed by atoms with Crippen LogP contribution in [-0.4, -0.2) is 41.9 Å². The molecule has 1 fully saturated rings. The fourth-order valence-electron chi connectivity index (χ4n) is 2.52. The molecule has 1 aliphatic rings. The first-order chi connectivity index (χ1) is 11.5. The van der Waals surface area contributed by atoms with Gasteiger partial charge in [0.1, 0.15) is 18.2 Å². The molecule has 1 aliphatic heterocycles. The van der Waals surface area contributed by atoms with E-state index in [9.17, 15) is 12.8 Å². The molecule has 1 atom stereocenters. The van der Waals surface area contributed by atoms with Crippen LogP contribution in [0.5, 0.6) is 5.88 Å². The standard InChI is InChI=1S/C15H15ClFN3O3S/c16-13-8-12(3-4-14(13)17)24(21,22)20-7-1-2-11(9-20)23-15-5-6-18-10-19-15/h3-6,8,10-11H,1-2,7,9H2. The van der Waals surface area contributed by atoms with Crippen LogP contribution in [-0.2, 0) is 10.0 Å². The number of benzene rings is 1. The van der Waals surface area contributed by atoms with Crippen LogP contribution in [0, 0.1) is 5.82 Å². The predicted molar refractivity (Wildman–Crippen MR) is 85.9 cm³/mol. The van der Waals surface area contributed by atoms with Crippen LogP contribution < -0.4 is 4.74 Å². The molecule has 0 saturated carbocycles. The molecule has 0 spiro atoms. The molecule has 128 valence electrons. The number of piperidine rings is 1. The molecule has 1 saturated heterocycles. The van der Waals surface area contributed by atoms with Gasteiger partial charge in [-0.15, -0.1) is 0 Å². The van der Waals surface area contributed by atoms with Crippen LogP contribution in [0.3, 0.4) is 0 Å². The van der Waals surface area contributed by atoms with Crippen molar-refractivity contribution in [3.8, 4) is 5.88 Å². The third kappa shape index (κ3) is 3.66. The Morgan fingerprint density at radius 1 is 1.33 bits per heavy atom. The van der Waals surface area contributed by atoms with Crippen LogP contribution in [0.4, 0.5) is 4.39 Å². The average molecular weight is 372 g/mol. The molecule has 0 aliphatic carbocycles. The molecule has 0 N–H and O–H groups in total. The lowest BCUT2D eigenvalue weighted by Crippen LogP contribution is -2.44. The summed E-state index contributed by atoms with van der Waals surface area (Å²) in [5, 5.41) is -0.220. The van der Waals surface area contributed by atoms with Gasteiger partial charge in [-0.3, -0.25) is 0 Å². The third-order valence-corrected chi connectivity index (χ3v) is 5.86. The summed E-state index contributed by atoms with van der Waals surface area (Å²) in [5.41, 5.74) is 0. The minimum Gasteiger partial charge on any atom is -0.473 e. The lowest BCUT2D eigenvalue weighted by molar-refractivity contribution is 0.124. The predicted octanol–water partition coefficient (Wildman–Crippen LogP) is 2.50. The quantitative estimate of drug-likeness (QED) is 0.825. The Balaban J connectivity index is 1.77. The van der Waals surface area contributed by atoms with Gasteiger partial charge in [0.25, 0.3) is 0 Å². The molecule has 2 aromatic rings. The summed E-state index contributed by atoms with van der Waals surface area (Å²) in [5.74, 6) is -0.252. The number of rotatable bonds is 4. The van der Waals surface area contributed by atoms with E-state index in [1.807, 2.05) is 0 Å². The summed E-state index contributed by atoms with van der Waals surface area (Å²) in [7, 11) is -3.76. The summed E-state index contributed by atoms with van der Waals surface area (Å²) in [6.07, 6.45) is 4.00. The molecule has 6 nitrogen and oxygen atoms in total. The van der Waals surface area contributed by atoms with Gasteiger partial charge in [0.2, 0.25) is 15.9 Å². The van der Waals surface area contributed by atoms with Gasteiger partial charge >= 0.3 is 0 Å². The second-order valence-electron chi connectivity index (χ2n) is 5.37. The van der Waals surface area contributed by atoms with Crippen molar-refractivity contribution in [2.24, 2.45) is 0 Å². The van der Waals surface area contributed by atoms with Crippen molar-refractivity contribution in [2.75, 3.05) is 13.1 Å². The molecule has 3 rings (SSSR count). The number of hydrogen-bond donors (Lipinski definition) is 0. The minimum atomic E-state index is -3.76. The lowest BCUT2D eigenvalue weighted by Gasteiger charge is -2.31. The number of ether oxygens (including phenoxy) is 1. The van der Waals surface area contributed by atoms with Crippen molar-refractivity contribution in [2.45, 2.75) is 23.8 Å². The van der Waals surface area contributed by atoms with E-state index in [4.69, 9.17) is 16.3 Å². The molecule has 24 heavy (non-hydrogen) atoms. The molecule has 0 bridgehead atoms. The normalized spacial score (nSPS) is 19.2.